The van der Waals surface area contributed by atoms with Crippen LogP contribution in [0.15, 0.2) is 27.8 Å². The number of aromatic nitrogens is 1. The van der Waals surface area contributed by atoms with Crippen molar-refractivity contribution in [3.05, 3.63) is 22.8 Å². The molecule has 1 aromatic rings. The zero-order chi connectivity index (χ0) is 12.7. The van der Waals surface area contributed by atoms with Gasteiger partial charge in [-0.25, -0.2) is 4.98 Å². The Labute approximate surface area is 115 Å². The summed E-state index contributed by atoms with van der Waals surface area (Å²) in [5.74, 6) is 0.927. The van der Waals surface area contributed by atoms with E-state index in [0.717, 1.165) is 28.1 Å². The fraction of sp³-hybridized carbons (Fsp3) is 0.500. The minimum atomic E-state index is -0.665. The number of halogens is 1. The molecule has 17 heavy (non-hydrogen) atoms. The number of hydrogen-bond acceptors (Lipinski definition) is 4. The highest BCUT2D eigenvalue weighted by Gasteiger charge is 2.20. The van der Waals surface area contributed by atoms with E-state index in [0.29, 0.717) is 6.42 Å². The summed E-state index contributed by atoms with van der Waals surface area (Å²) in [5, 5.41) is 9.93. The average Bonchev–Trinajstić information content (AvgIpc) is 2.36. The number of nitrogens with two attached hydrogens (primary N) is 1. The van der Waals surface area contributed by atoms with Crippen LogP contribution in [0.4, 0.5) is 0 Å². The van der Waals surface area contributed by atoms with Crippen molar-refractivity contribution in [3.63, 3.8) is 0 Å². The van der Waals surface area contributed by atoms with Gasteiger partial charge in [0.1, 0.15) is 10.6 Å². The molecule has 0 spiro atoms. The van der Waals surface area contributed by atoms with Crippen LogP contribution in [-0.2, 0) is 0 Å². The maximum atomic E-state index is 8.94. The Morgan fingerprint density at radius 1 is 1.65 bits per heavy atom. The minimum absolute atomic E-state index is 0.665. The first-order chi connectivity index (χ1) is 8.11. The third kappa shape index (κ3) is 4.66. The maximum Gasteiger partial charge on any atom is 0.110 e. The zero-order valence-corrected chi connectivity index (χ0v) is 12.2. The third-order valence-electron chi connectivity index (χ3n) is 2.58. The van der Waals surface area contributed by atoms with E-state index in [2.05, 4.69) is 27.0 Å². The van der Waals surface area contributed by atoms with Crippen LogP contribution < -0.4 is 5.73 Å². The molecule has 5 heteroatoms. The number of thioether (sulfide) groups is 1. The molecule has 0 aliphatic rings. The van der Waals surface area contributed by atoms with Crippen molar-refractivity contribution >= 4 is 27.7 Å². The van der Waals surface area contributed by atoms with Gasteiger partial charge < -0.3 is 5.73 Å². The van der Waals surface area contributed by atoms with Crippen LogP contribution in [-0.4, -0.2) is 16.3 Å². The summed E-state index contributed by atoms with van der Waals surface area (Å²) in [7, 11) is 0. The monoisotopic (exact) mass is 313 g/mol. The van der Waals surface area contributed by atoms with Gasteiger partial charge >= 0.3 is 0 Å². The van der Waals surface area contributed by atoms with Crippen molar-refractivity contribution < 1.29 is 0 Å². The van der Waals surface area contributed by atoms with E-state index in [4.69, 9.17) is 11.0 Å². The van der Waals surface area contributed by atoms with Crippen molar-refractivity contribution in [2.24, 2.45) is 5.73 Å². The molecular formula is C12H16BrN3S. The summed E-state index contributed by atoms with van der Waals surface area (Å²) >= 11 is 5.14. The van der Waals surface area contributed by atoms with E-state index in [1.165, 1.54) is 0 Å². The lowest BCUT2D eigenvalue weighted by molar-refractivity contribution is 0.478. The molecule has 0 aliphatic heterocycles. The van der Waals surface area contributed by atoms with Crippen molar-refractivity contribution in [2.75, 3.05) is 5.75 Å². The van der Waals surface area contributed by atoms with Crippen LogP contribution in [0.2, 0.25) is 0 Å². The predicted molar refractivity (Wildman–Crippen MR) is 74.7 cm³/mol. The average molecular weight is 314 g/mol. The number of pyridine rings is 1. The van der Waals surface area contributed by atoms with Crippen molar-refractivity contribution in [2.45, 2.75) is 36.8 Å². The van der Waals surface area contributed by atoms with Gasteiger partial charge in [0, 0.05) is 10.7 Å². The number of nitrogens with zero attached hydrogens (tertiary/aromatic N) is 2. The van der Waals surface area contributed by atoms with E-state index in [1.807, 2.05) is 19.1 Å². The molecule has 1 atom stereocenters. The van der Waals surface area contributed by atoms with E-state index in [1.54, 1.807) is 18.0 Å². The van der Waals surface area contributed by atoms with Gasteiger partial charge in [-0.2, -0.15) is 5.26 Å². The molecule has 0 fully saturated rings. The highest BCUT2D eigenvalue weighted by Crippen LogP contribution is 2.26. The first-order valence-corrected chi connectivity index (χ1v) is 7.32. The fourth-order valence-electron chi connectivity index (χ4n) is 1.35. The summed E-state index contributed by atoms with van der Waals surface area (Å²) in [6.07, 6.45) is 4.13. The molecule has 3 nitrogen and oxygen atoms in total. The Bertz CT molecular complexity index is 405. The van der Waals surface area contributed by atoms with E-state index >= 15 is 0 Å². The van der Waals surface area contributed by atoms with Crippen LogP contribution in [0.25, 0.3) is 0 Å². The van der Waals surface area contributed by atoms with Gasteiger partial charge in [0.15, 0.2) is 0 Å². The molecule has 92 valence electrons. The maximum absolute atomic E-state index is 8.94. The molecule has 1 heterocycles. The SMILES string of the molecule is CCC(N)(C#N)CCCSc1ncccc1Br. The first-order valence-electron chi connectivity index (χ1n) is 5.55. The van der Waals surface area contributed by atoms with Crippen LogP contribution in [0, 0.1) is 11.3 Å². The molecule has 0 radical (unpaired) electrons. The smallest absolute Gasteiger partial charge is 0.110 e. The van der Waals surface area contributed by atoms with Crippen molar-refractivity contribution in [1.82, 2.24) is 4.98 Å². The zero-order valence-electron chi connectivity index (χ0n) is 9.82. The Balaban J connectivity index is 2.35. The van der Waals surface area contributed by atoms with Gasteiger partial charge in [0.2, 0.25) is 0 Å². The lowest BCUT2D eigenvalue weighted by Crippen LogP contribution is -2.37. The second-order valence-corrected chi connectivity index (χ2v) is 5.80. The largest absolute Gasteiger partial charge is 0.313 e. The second kappa shape index (κ2) is 7.00. The molecule has 0 saturated carbocycles. The predicted octanol–water partition coefficient (Wildman–Crippen LogP) is 3.35. The Hall–Kier alpha value is -0.570. The Morgan fingerprint density at radius 3 is 3.00 bits per heavy atom. The van der Waals surface area contributed by atoms with Crippen LogP contribution in [0.1, 0.15) is 26.2 Å². The van der Waals surface area contributed by atoms with E-state index in [9.17, 15) is 0 Å². The molecule has 0 aromatic carbocycles. The molecule has 0 saturated heterocycles. The van der Waals surface area contributed by atoms with Gasteiger partial charge in [0.25, 0.3) is 0 Å². The summed E-state index contributed by atoms with van der Waals surface area (Å²) in [6.45, 7) is 1.95. The molecular weight excluding hydrogens is 298 g/mol. The van der Waals surface area contributed by atoms with E-state index < -0.39 is 5.54 Å². The molecule has 2 N–H and O–H groups in total. The number of rotatable bonds is 6. The summed E-state index contributed by atoms with van der Waals surface area (Å²) in [4.78, 5) is 4.27. The second-order valence-electron chi connectivity index (χ2n) is 3.86. The fourth-order valence-corrected chi connectivity index (χ4v) is 2.77. The molecule has 0 amide bonds. The summed E-state index contributed by atoms with van der Waals surface area (Å²) < 4.78 is 1.01. The number of nitriles is 1. The van der Waals surface area contributed by atoms with Crippen molar-refractivity contribution in [3.8, 4) is 6.07 Å². The molecule has 0 bridgehead atoms. The topological polar surface area (TPSA) is 62.7 Å². The van der Waals surface area contributed by atoms with Gasteiger partial charge in [-0.3, -0.25) is 0 Å². The van der Waals surface area contributed by atoms with Crippen LogP contribution in [0.3, 0.4) is 0 Å². The highest BCUT2D eigenvalue weighted by molar-refractivity contribution is 9.10. The van der Waals surface area contributed by atoms with Gasteiger partial charge in [0.05, 0.1) is 6.07 Å². The normalized spacial score (nSPS) is 14.0. The van der Waals surface area contributed by atoms with Crippen LogP contribution >= 0.6 is 27.7 Å². The molecule has 1 aromatic heterocycles. The number of hydrogen-bond donors (Lipinski definition) is 1. The minimum Gasteiger partial charge on any atom is -0.313 e. The van der Waals surface area contributed by atoms with Gasteiger partial charge in [-0.15, -0.1) is 11.8 Å². The Morgan fingerprint density at radius 2 is 2.41 bits per heavy atom. The molecule has 0 aliphatic carbocycles. The van der Waals surface area contributed by atoms with Crippen molar-refractivity contribution in [1.29, 1.82) is 5.26 Å². The summed E-state index contributed by atoms with van der Waals surface area (Å²) in [6, 6.07) is 6.05. The lowest BCUT2D eigenvalue weighted by Gasteiger charge is -2.18. The highest BCUT2D eigenvalue weighted by atomic mass is 79.9. The molecule has 1 rings (SSSR count). The first kappa shape index (κ1) is 14.5. The van der Waals surface area contributed by atoms with Gasteiger partial charge in [-0.05, 0) is 53.1 Å². The molecule has 1 unspecified atom stereocenters. The van der Waals surface area contributed by atoms with Gasteiger partial charge in [-0.1, -0.05) is 6.92 Å². The quantitative estimate of drug-likeness (QED) is 0.646. The summed E-state index contributed by atoms with van der Waals surface area (Å²) in [5.41, 5.74) is 5.25. The van der Waals surface area contributed by atoms with Crippen LogP contribution in [0.5, 0.6) is 0 Å². The Kier molecular flexibility index (Phi) is 5.96. The van der Waals surface area contributed by atoms with E-state index in [-0.39, 0.29) is 0 Å². The third-order valence-corrected chi connectivity index (χ3v) is 4.58. The standard InChI is InChI=1S/C12H16BrN3S/c1-2-12(15,9-14)6-4-8-17-11-10(13)5-3-7-16-11/h3,5,7H,2,4,6,8,15H2,1H3. The lowest BCUT2D eigenvalue weighted by atomic mass is 9.94.